The second-order valence-corrected chi connectivity index (χ2v) is 6.79. The van der Waals surface area contributed by atoms with Gasteiger partial charge in [-0.05, 0) is 47.4 Å². The van der Waals surface area contributed by atoms with E-state index in [4.69, 9.17) is 14.2 Å². The van der Waals surface area contributed by atoms with Crippen molar-refractivity contribution in [2.75, 3.05) is 26.9 Å². The maximum Gasteiger partial charge on any atom is 0.344 e. The molecule has 1 N–H and O–H groups in total. The van der Waals surface area contributed by atoms with Gasteiger partial charge < -0.3 is 19.5 Å². The van der Waals surface area contributed by atoms with Gasteiger partial charge in [0.1, 0.15) is 11.5 Å². The van der Waals surface area contributed by atoms with E-state index in [1.165, 1.54) is 0 Å². The van der Waals surface area contributed by atoms with Crippen molar-refractivity contribution in [3.8, 4) is 22.6 Å². The molecule has 0 unspecified atom stereocenters. The lowest BCUT2D eigenvalue weighted by Gasteiger charge is -2.09. The van der Waals surface area contributed by atoms with E-state index in [9.17, 15) is 9.59 Å². The molecule has 0 fully saturated rings. The molecule has 0 radical (unpaired) electrons. The highest BCUT2D eigenvalue weighted by Gasteiger charge is 2.08. The zero-order valence-electron chi connectivity index (χ0n) is 17.4. The molecule has 0 aliphatic carbocycles. The zero-order valence-corrected chi connectivity index (χ0v) is 17.4. The largest absolute Gasteiger partial charge is 0.497 e. The SMILES string of the molecule is COc1ccc(CCNC(=O)COC(=O)COc2ccc(-c3ccccc3)cc2)cc1. The molecule has 0 bridgehead atoms. The Bertz CT molecular complexity index is 969. The summed E-state index contributed by atoms with van der Waals surface area (Å²) >= 11 is 0. The average Bonchev–Trinajstić information content (AvgIpc) is 2.83. The summed E-state index contributed by atoms with van der Waals surface area (Å²) < 4.78 is 15.5. The Hall–Kier alpha value is -3.80. The number of carbonyl (C=O) groups is 2. The van der Waals surface area contributed by atoms with Gasteiger partial charge in [-0.15, -0.1) is 0 Å². The van der Waals surface area contributed by atoms with E-state index >= 15 is 0 Å². The maximum atomic E-state index is 11.8. The summed E-state index contributed by atoms with van der Waals surface area (Å²) in [7, 11) is 1.61. The number of hydrogen-bond donors (Lipinski definition) is 1. The first-order valence-corrected chi connectivity index (χ1v) is 9.97. The standard InChI is InChI=1S/C25H25NO5/c1-29-22-11-7-19(8-12-22)15-16-26-24(27)17-31-25(28)18-30-23-13-9-21(10-14-23)20-5-3-2-4-6-20/h2-14H,15-18H2,1H3,(H,26,27). The van der Waals surface area contributed by atoms with Gasteiger partial charge in [-0.1, -0.05) is 54.6 Å². The number of methoxy groups -OCH3 is 1. The molecule has 6 nitrogen and oxygen atoms in total. The minimum absolute atomic E-state index is 0.260. The molecule has 0 saturated heterocycles. The molecule has 1 amide bonds. The van der Waals surface area contributed by atoms with E-state index in [2.05, 4.69) is 5.32 Å². The minimum Gasteiger partial charge on any atom is -0.497 e. The fourth-order valence-electron chi connectivity index (χ4n) is 2.89. The van der Waals surface area contributed by atoms with Crippen LogP contribution in [0.4, 0.5) is 0 Å². The third-order valence-corrected chi connectivity index (χ3v) is 4.58. The molecule has 0 aliphatic heterocycles. The fraction of sp³-hybridized carbons (Fsp3) is 0.200. The lowest BCUT2D eigenvalue weighted by Crippen LogP contribution is -2.31. The zero-order chi connectivity index (χ0) is 21.9. The minimum atomic E-state index is -0.600. The van der Waals surface area contributed by atoms with Gasteiger partial charge in [0.2, 0.25) is 0 Å². The number of esters is 1. The van der Waals surface area contributed by atoms with Crippen molar-refractivity contribution in [2.45, 2.75) is 6.42 Å². The van der Waals surface area contributed by atoms with Gasteiger partial charge >= 0.3 is 5.97 Å². The van der Waals surface area contributed by atoms with Crippen LogP contribution in [0.3, 0.4) is 0 Å². The summed E-state index contributed by atoms with van der Waals surface area (Å²) in [5, 5.41) is 2.72. The number of ether oxygens (including phenoxy) is 3. The normalized spacial score (nSPS) is 10.2. The van der Waals surface area contributed by atoms with Crippen molar-refractivity contribution in [1.82, 2.24) is 5.32 Å². The Balaban J connectivity index is 1.32. The highest BCUT2D eigenvalue weighted by Crippen LogP contribution is 2.22. The number of amides is 1. The number of hydrogen-bond acceptors (Lipinski definition) is 5. The van der Waals surface area contributed by atoms with Crippen LogP contribution >= 0.6 is 0 Å². The van der Waals surface area contributed by atoms with Crippen molar-refractivity contribution >= 4 is 11.9 Å². The molecule has 31 heavy (non-hydrogen) atoms. The molecule has 3 aromatic rings. The van der Waals surface area contributed by atoms with E-state index in [0.29, 0.717) is 18.7 Å². The number of rotatable bonds is 10. The molecule has 3 aromatic carbocycles. The van der Waals surface area contributed by atoms with Crippen LogP contribution in [-0.4, -0.2) is 38.7 Å². The van der Waals surface area contributed by atoms with Crippen LogP contribution in [0.5, 0.6) is 11.5 Å². The molecule has 0 aliphatic rings. The Labute approximate surface area is 181 Å². The lowest BCUT2D eigenvalue weighted by molar-refractivity contribution is -0.150. The molecular weight excluding hydrogens is 394 g/mol. The Kier molecular flexibility index (Phi) is 8.05. The van der Waals surface area contributed by atoms with Gasteiger partial charge in [0.15, 0.2) is 13.2 Å². The van der Waals surface area contributed by atoms with Crippen LogP contribution < -0.4 is 14.8 Å². The summed E-state index contributed by atoms with van der Waals surface area (Å²) in [4.78, 5) is 23.7. The smallest absolute Gasteiger partial charge is 0.344 e. The van der Waals surface area contributed by atoms with E-state index in [0.717, 1.165) is 22.4 Å². The molecule has 0 spiro atoms. The summed E-state index contributed by atoms with van der Waals surface area (Å²) in [6, 6.07) is 25.0. The monoisotopic (exact) mass is 419 g/mol. The second kappa shape index (κ2) is 11.4. The highest BCUT2D eigenvalue weighted by molar-refractivity contribution is 5.80. The van der Waals surface area contributed by atoms with Crippen molar-refractivity contribution in [3.63, 3.8) is 0 Å². The second-order valence-electron chi connectivity index (χ2n) is 6.79. The van der Waals surface area contributed by atoms with Crippen molar-refractivity contribution < 1.29 is 23.8 Å². The van der Waals surface area contributed by atoms with Gasteiger partial charge in [0.05, 0.1) is 7.11 Å². The first-order chi connectivity index (χ1) is 15.1. The summed E-state index contributed by atoms with van der Waals surface area (Å²) in [6.45, 7) is -0.144. The van der Waals surface area contributed by atoms with Crippen LogP contribution in [0, 0.1) is 0 Å². The topological polar surface area (TPSA) is 73.9 Å². The summed E-state index contributed by atoms with van der Waals surface area (Å²) in [5.74, 6) is 0.390. The molecular formula is C25H25NO5. The molecule has 6 heteroatoms. The molecule has 0 saturated carbocycles. The van der Waals surface area contributed by atoms with Crippen LogP contribution in [0.15, 0.2) is 78.9 Å². The van der Waals surface area contributed by atoms with Gasteiger partial charge in [-0.25, -0.2) is 4.79 Å². The Morgan fingerprint density at radius 3 is 2.10 bits per heavy atom. The summed E-state index contributed by atoms with van der Waals surface area (Å²) in [5.41, 5.74) is 3.23. The van der Waals surface area contributed by atoms with Crippen molar-refractivity contribution in [3.05, 3.63) is 84.4 Å². The predicted molar refractivity (Wildman–Crippen MR) is 118 cm³/mol. The van der Waals surface area contributed by atoms with E-state index in [-0.39, 0.29) is 19.1 Å². The van der Waals surface area contributed by atoms with Gasteiger partial charge in [0.25, 0.3) is 5.91 Å². The molecule has 3 rings (SSSR count). The van der Waals surface area contributed by atoms with Crippen LogP contribution in [-0.2, 0) is 20.7 Å². The van der Waals surface area contributed by atoms with E-state index in [1.807, 2.05) is 66.7 Å². The fourth-order valence-corrected chi connectivity index (χ4v) is 2.89. The van der Waals surface area contributed by atoms with Gasteiger partial charge in [0, 0.05) is 6.54 Å². The third kappa shape index (κ3) is 7.19. The van der Waals surface area contributed by atoms with Crippen LogP contribution in [0.1, 0.15) is 5.56 Å². The molecule has 0 aromatic heterocycles. The lowest BCUT2D eigenvalue weighted by atomic mass is 10.1. The van der Waals surface area contributed by atoms with E-state index < -0.39 is 5.97 Å². The van der Waals surface area contributed by atoms with Crippen LogP contribution in [0.2, 0.25) is 0 Å². The van der Waals surface area contributed by atoms with Gasteiger partial charge in [-0.3, -0.25) is 4.79 Å². The van der Waals surface area contributed by atoms with Crippen molar-refractivity contribution in [2.24, 2.45) is 0 Å². The highest BCUT2D eigenvalue weighted by atomic mass is 16.6. The number of benzene rings is 3. The van der Waals surface area contributed by atoms with Crippen molar-refractivity contribution in [1.29, 1.82) is 0 Å². The Morgan fingerprint density at radius 2 is 1.42 bits per heavy atom. The van der Waals surface area contributed by atoms with Crippen LogP contribution in [0.25, 0.3) is 11.1 Å². The molecule has 0 atom stereocenters. The van der Waals surface area contributed by atoms with Gasteiger partial charge in [-0.2, -0.15) is 0 Å². The average molecular weight is 419 g/mol. The van der Waals surface area contributed by atoms with E-state index in [1.54, 1.807) is 19.2 Å². The third-order valence-electron chi connectivity index (χ3n) is 4.58. The maximum absolute atomic E-state index is 11.8. The predicted octanol–water partition coefficient (Wildman–Crippen LogP) is 3.64. The first kappa shape index (κ1) is 21.9. The molecule has 0 heterocycles. The number of nitrogens with one attached hydrogen (secondary N) is 1. The molecule has 160 valence electrons. The quantitative estimate of drug-likeness (QED) is 0.508. The Morgan fingerprint density at radius 1 is 0.774 bits per heavy atom. The first-order valence-electron chi connectivity index (χ1n) is 9.97. The number of carbonyl (C=O) groups excluding carboxylic acids is 2. The summed E-state index contributed by atoms with van der Waals surface area (Å²) in [6.07, 6.45) is 0.672.